The number of rotatable bonds is 8. The Kier molecular flexibility index (Phi) is 7.58. The van der Waals surface area contributed by atoms with Crippen LogP contribution in [0.4, 0.5) is 0 Å². The molecule has 0 fully saturated rings. The van der Waals surface area contributed by atoms with E-state index in [1.54, 1.807) is 32.4 Å². The number of carbonyl (C=O) groups is 1. The molecule has 1 amide bonds. The molecule has 0 heterocycles. The number of nitrogens with zero attached hydrogens (tertiary/aromatic N) is 1. The van der Waals surface area contributed by atoms with Crippen LogP contribution in [0.3, 0.4) is 0 Å². The standard InChI is InChI=1S/C19H21BrN2O4S/c1-22(14-16-12-17(20)8-9-18(16)26-2)19(23)13-21-27(24,25)11-10-15-6-4-3-5-7-15/h3-12,21H,13-14H2,1-2H3/b11-10+. The van der Waals surface area contributed by atoms with Crippen molar-refractivity contribution in [3.8, 4) is 5.75 Å². The first-order valence-corrected chi connectivity index (χ1v) is 10.4. The van der Waals surface area contributed by atoms with Crippen molar-refractivity contribution in [3.63, 3.8) is 0 Å². The zero-order valence-electron chi connectivity index (χ0n) is 15.1. The highest BCUT2D eigenvalue weighted by Gasteiger charge is 2.15. The molecule has 0 aliphatic carbocycles. The normalized spacial score (nSPS) is 11.5. The Morgan fingerprint density at radius 1 is 1.22 bits per heavy atom. The molecule has 2 aromatic carbocycles. The van der Waals surface area contributed by atoms with E-state index in [1.807, 2.05) is 30.3 Å². The average molecular weight is 453 g/mol. The van der Waals surface area contributed by atoms with Gasteiger partial charge in [0, 0.05) is 29.0 Å². The molecule has 0 saturated carbocycles. The number of hydrogen-bond donors (Lipinski definition) is 1. The zero-order chi connectivity index (χ0) is 19.9. The number of hydrogen-bond acceptors (Lipinski definition) is 4. The molecule has 2 rings (SSSR count). The van der Waals surface area contributed by atoms with Gasteiger partial charge in [-0.25, -0.2) is 13.1 Å². The third-order valence-electron chi connectivity index (χ3n) is 3.74. The van der Waals surface area contributed by atoms with Gasteiger partial charge in [0.15, 0.2) is 0 Å². The quantitative estimate of drug-likeness (QED) is 0.667. The number of benzene rings is 2. The Balaban J connectivity index is 1.94. The van der Waals surface area contributed by atoms with Gasteiger partial charge in [0.25, 0.3) is 0 Å². The number of sulfonamides is 1. The average Bonchev–Trinajstić information content (AvgIpc) is 2.65. The highest BCUT2D eigenvalue weighted by Crippen LogP contribution is 2.24. The van der Waals surface area contributed by atoms with Crippen LogP contribution in [-0.2, 0) is 21.4 Å². The fraction of sp³-hybridized carbons (Fsp3) is 0.211. The van der Waals surface area contributed by atoms with Crippen LogP contribution in [0, 0.1) is 0 Å². The van der Waals surface area contributed by atoms with Gasteiger partial charge in [0.05, 0.1) is 13.7 Å². The number of halogens is 1. The van der Waals surface area contributed by atoms with Crippen molar-refractivity contribution in [3.05, 3.63) is 69.5 Å². The number of likely N-dealkylation sites (N-methyl/N-ethyl adjacent to an activating group) is 1. The topological polar surface area (TPSA) is 75.7 Å². The molecule has 0 spiro atoms. The summed E-state index contributed by atoms with van der Waals surface area (Å²) in [7, 11) is -0.546. The molecule has 8 heteroatoms. The summed E-state index contributed by atoms with van der Waals surface area (Å²) in [6, 6.07) is 14.6. The van der Waals surface area contributed by atoms with Crippen molar-refractivity contribution in [2.75, 3.05) is 20.7 Å². The molecule has 6 nitrogen and oxygen atoms in total. The van der Waals surface area contributed by atoms with Crippen LogP contribution in [0.25, 0.3) is 6.08 Å². The van der Waals surface area contributed by atoms with E-state index in [-0.39, 0.29) is 12.5 Å². The molecule has 0 atom stereocenters. The lowest BCUT2D eigenvalue weighted by Gasteiger charge is -2.19. The summed E-state index contributed by atoms with van der Waals surface area (Å²) in [4.78, 5) is 13.7. The number of nitrogens with one attached hydrogen (secondary N) is 1. The summed E-state index contributed by atoms with van der Waals surface area (Å²) >= 11 is 3.39. The number of methoxy groups -OCH3 is 1. The fourth-order valence-corrected chi connectivity index (χ4v) is 3.46. The SMILES string of the molecule is COc1ccc(Br)cc1CN(C)C(=O)CNS(=O)(=O)/C=C/c1ccccc1. The molecular formula is C19H21BrN2O4S. The van der Waals surface area contributed by atoms with E-state index in [2.05, 4.69) is 20.7 Å². The Bertz CT molecular complexity index is 915. The third kappa shape index (κ3) is 6.82. The maximum Gasteiger partial charge on any atom is 0.237 e. The highest BCUT2D eigenvalue weighted by molar-refractivity contribution is 9.10. The smallest absolute Gasteiger partial charge is 0.237 e. The van der Waals surface area contributed by atoms with Crippen molar-refractivity contribution in [1.82, 2.24) is 9.62 Å². The minimum absolute atomic E-state index is 0.295. The van der Waals surface area contributed by atoms with Crippen LogP contribution in [0.2, 0.25) is 0 Å². The summed E-state index contributed by atoms with van der Waals surface area (Å²) in [5.41, 5.74) is 1.57. The highest BCUT2D eigenvalue weighted by atomic mass is 79.9. The second-order valence-electron chi connectivity index (χ2n) is 5.79. The molecule has 0 radical (unpaired) electrons. The monoisotopic (exact) mass is 452 g/mol. The first kappa shape index (κ1) is 21.1. The minimum Gasteiger partial charge on any atom is -0.496 e. The zero-order valence-corrected chi connectivity index (χ0v) is 17.5. The first-order valence-electron chi connectivity index (χ1n) is 8.10. The van der Waals surface area contributed by atoms with Crippen LogP contribution < -0.4 is 9.46 Å². The molecule has 0 aliphatic heterocycles. The number of carbonyl (C=O) groups excluding carboxylic acids is 1. The van der Waals surface area contributed by atoms with Crippen LogP contribution in [0.5, 0.6) is 5.75 Å². The van der Waals surface area contributed by atoms with Gasteiger partial charge in [-0.2, -0.15) is 0 Å². The maximum absolute atomic E-state index is 12.3. The van der Waals surface area contributed by atoms with Gasteiger partial charge in [0.1, 0.15) is 5.75 Å². The van der Waals surface area contributed by atoms with Crippen molar-refractivity contribution in [2.45, 2.75) is 6.54 Å². The third-order valence-corrected chi connectivity index (χ3v) is 5.27. The minimum atomic E-state index is -3.71. The Morgan fingerprint density at radius 2 is 1.93 bits per heavy atom. The summed E-state index contributed by atoms with van der Waals surface area (Å²) < 4.78 is 32.5. The van der Waals surface area contributed by atoms with Crippen molar-refractivity contribution in [1.29, 1.82) is 0 Å². The molecule has 0 unspecified atom stereocenters. The molecule has 27 heavy (non-hydrogen) atoms. The summed E-state index contributed by atoms with van der Waals surface area (Å²) in [6.45, 7) is -0.0304. The maximum atomic E-state index is 12.3. The lowest BCUT2D eigenvalue weighted by Crippen LogP contribution is -2.37. The Hall–Kier alpha value is -2.16. The van der Waals surface area contributed by atoms with E-state index >= 15 is 0 Å². The van der Waals surface area contributed by atoms with E-state index < -0.39 is 10.0 Å². The van der Waals surface area contributed by atoms with Gasteiger partial charge in [-0.15, -0.1) is 0 Å². The van der Waals surface area contributed by atoms with E-state index in [9.17, 15) is 13.2 Å². The van der Waals surface area contributed by atoms with Gasteiger partial charge >= 0.3 is 0 Å². The van der Waals surface area contributed by atoms with E-state index in [0.717, 1.165) is 21.0 Å². The van der Waals surface area contributed by atoms with Gasteiger partial charge in [-0.3, -0.25) is 4.79 Å². The molecule has 0 aliphatic rings. The second-order valence-corrected chi connectivity index (χ2v) is 8.35. The predicted molar refractivity (Wildman–Crippen MR) is 110 cm³/mol. The Morgan fingerprint density at radius 3 is 2.59 bits per heavy atom. The van der Waals surface area contributed by atoms with Crippen LogP contribution >= 0.6 is 15.9 Å². The van der Waals surface area contributed by atoms with E-state index in [0.29, 0.717) is 12.3 Å². The van der Waals surface area contributed by atoms with E-state index in [1.165, 1.54) is 11.0 Å². The molecule has 2 aromatic rings. The lowest BCUT2D eigenvalue weighted by atomic mass is 10.2. The summed E-state index contributed by atoms with van der Waals surface area (Å²) in [6.07, 6.45) is 1.48. The molecule has 0 aromatic heterocycles. The van der Waals surface area contributed by atoms with Crippen LogP contribution in [0.1, 0.15) is 11.1 Å². The van der Waals surface area contributed by atoms with Crippen LogP contribution in [-0.4, -0.2) is 39.9 Å². The molecule has 144 valence electrons. The van der Waals surface area contributed by atoms with Crippen molar-refractivity contribution >= 4 is 37.9 Å². The van der Waals surface area contributed by atoms with Crippen LogP contribution in [0.15, 0.2) is 58.4 Å². The number of amides is 1. The molecular weight excluding hydrogens is 432 g/mol. The van der Waals surface area contributed by atoms with Gasteiger partial charge in [-0.05, 0) is 29.8 Å². The predicted octanol–water partition coefficient (Wildman–Crippen LogP) is 3.01. The van der Waals surface area contributed by atoms with Crippen molar-refractivity contribution in [2.24, 2.45) is 0 Å². The molecule has 0 saturated heterocycles. The number of ether oxygens (including phenoxy) is 1. The Labute approximate surface area is 168 Å². The van der Waals surface area contributed by atoms with Gasteiger partial charge < -0.3 is 9.64 Å². The summed E-state index contributed by atoms with van der Waals surface area (Å²) in [5, 5.41) is 1.05. The fourth-order valence-electron chi connectivity index (χ4n) is 2.29. The first-order chi connectivity index (χ1) is 12.8. The second kappa shape index (κ2) is 9.68. The molecule has 0 bridgehead atoms. The van der Waals surface area contributed by atoms with Gasteiger partial charge in [-0.1, -0.05) is 46.3 Å². The van der Waals surface area contributed by atoms with E-state index in [4.69, 9.17) is 4.74 Å². The van der Waals surface area contributed by atoms with Crippen molar-refractivity contribution < 1.29 is 17.9 Å². The van der Waals surface area contributed by atoms with Gasteiger partial charge in [0.2, 0.25) is 15.9 Å². The lowest BCUT2D eigenvalue weighted by molar-refractivity contribution is -0.129. The summed E-state index contributed by atoms with van der Waals surface area (Å²) in [5.74, 6) is 0.304. The largest absolute Gasteiger partial charge is 0.496 e. The molecule has 1 N–H and O–H groups in total.